The maximum atomic E-state index is 13.0. The Balaban J connectivity index is 2.09. The summed E-state index contributed by atoms with van der Waals surface area (Å²) in [6.45, 7) is 0. The second kappa shape index (κ2) is 5.54. The Morgan fingerprint density at radius 1 is 1.45 bits per heavy atom. The molecule has 0 aromatic heterocycles. The highest BCUT2D eigenvalue weighted by atomic mass is 19.1. The molecule has 1 aliphatic carbocycles. The van der Waals surface area contributed by atoms with E-state index in [0.29, 0.717) is 0 Å². The van der Waals surface area contributed by atoms with Crippen molar-refractivity contribution in [1.29, 1.82) is 0 Å². The van der Waals surface area contributed by atoms with Crippen LogP contribution in [0.5, 0.6) is 0 Å². The van der Waals surface area contributed by atoms with E-state index in [1.807, 2.05) is 0 Å². The number of carbonyl (C=O) groups excluding carboxylic acids is 1. The van der Waals surface area contributed by atoms with Gasteiger partial charge in [-0.3, -0.25) is 14.9 Å². The molecule has 3 N–H and O–H groups in total. The van der Waals surface area contributed by atoms with Crippen LogP contribution < -0.4 is 11.1 Å². The minimum absolute atomic E-state index is 0.0111. The fourth-order valence-electron chi connectivity index (χ4n) is 2.53. The van der Waals surface area contributed by atoms with Gasteiger partial charge in [0.05, 0.1) is 11.0 Å². The lowest BCUT2D eigenvalue weighted by atomic mass is 9.94. The van der Waals surface area contributed by atoms with Crippen LogP contribution in [0.3, 0.4) is 0 Å². The third-order valence-corrected chi connectivity index (χ3v) is 3.54. The Hall–Kier alpha value is -2.02. The number of nitrogens with two attached hydrogens (primary N) is 1. The number of hydrogen-bond acceptors (Lipinski definition) is 4. The third kappa shape index (κ3) is 3.30. The van der Waals surface area contributed by atoms with E-state index in [2.05, 4.69) is 5.32 Å². The normalized spacial score (nSPS) is 16.9. The number of hydrogen-bond donors (Lipinski definition) is 2. The summed E-state index contributed by atoms with van der Waals surface area (Å²) in [5.74, 6) is -1.11. The largest absolute Gasteiger partial charge is 0.325 e. The quantitative estimate of drug-likeness (QED) is 0.653. The van der Waals surface area contributed by atoms with Crippen molar-refractivity contribution in [3.8, 4) is 0 Å². The number of halogens is 1. The van der Waals surface area contributed by atoms with Gasteiger partial charge in [0.2, 0.25) is 5.91 Å². The minimum Gasteiger partial charge on any atom is -0.325 e. The average Bonchev–Trinajstić information content (AvgIpc) is 2.77. The summed E-state index contributed by atoms with van der Waals surface area (Å²) in [5.41, 5.74) is 5.08. The number of nitrogens with zero attached hydrogens (tertiary/aromatic N) is 1. The molecule has 6 nitrogen and oxygen atoms in total. The molecule has 1 aromatic carbocycles. The molecular weight excluding hydrogens is 265 g/mol. The topological polar surface area (TPSA) is 98.3 Å². The maximum absolute atomic E-state index is 13.0. The van der Waals surface area contributed by atoms with Gasteiger partial charge >= 0.3 is 0 Å². The highest BCUT2D eigenvalue weighted by Crippen LogP contribution is 2.31. The van der Waals surface area contributed by atoms with Crippen LogP contribution in [-0.2, 0) is 4.79 Å². The van der Waals surface area contributed by atoms with E-state index in [4.69, 9.17) is 5.73 Å². The number of rotatable bonds is 4. The van der Waals surface area contributed by atoms with Crippen LogP contribution in [-0.4, -0.2) is 16.4 Å². The van der Waals surface area contributed by atoms with Crippen LogP contribution in [0.1, 0.15) is 32.1 Å². The smallest absolute Gasteiger partial charge is 0.295 e. The Kier molecular flexibility index (Phi) is 3.99. The van der Waals surface area contributed by atoms with Crippen LogP contribution in [0, 0.1) is 15.9 Å². The Bertz CT molecular complexity index is 542. The molecule has 20 heavy (non-hydrogen) atoms. The van der Waals surface area contributed by atoms with Crippen LogP contribution in [0.4, 0.5) is 15.8 Å². The van der Waals surface area contributed by atoms with Gasteiger partial charge in [-0.25, -0.2) is 4.39 Å². The molecule has 108 valence electrons. The number of nitro groups is 1. The first-order valence-electron chi connectivity index (χ1n) is 6.42. The molecule has 0 spiro atoms. The maximum Gasteiger partial charge on any atom is 0.295 e. The Labute approximate surface area is 115 Å². The van der Waals surface area contributed by atoms with Crippen molar-refractivity contribution in [2.75, 3.05) is 5.32 Å². The first-order valence-corrected chi connectivity index (χ1v) is 6.42. The van der Waals surface area contributed by atoms with E-state index < -0.39 is 22.0 Å². The fraction of sp³-hybridized carbons (Fsp3) is 0.462. The van der Waals surface area contributed by atoms with E-state index in [1.165, 1.54) is 6.07 Å². The number of nitrogens with one attached hydrogen (secondary N) is 1. The van der Waals surface area contributed by atoms with Crippen molar-refractivity contribution < 1.29 is 14.1 Å². The lowest BCUT2D eigenvalue weighted by Crippen LogP contribution is -2.40. The van der Waals surface area contributed by atoms with Crippen molar-refractivity contribution in [3.63, 3.8) is 0 Å². The molecule has 1 aromatic rings. The van der Waals surface area contributed by atoms with Gasteiger partial charge in [0, 0.05) is 12.0 Å². The van der Waals surface area contributed by atoms with E-state index in [-0.39, 0.29) is 18.0 Å². The zero-order valence-electron chi connectivity index (χ0n) is 10.9. The molecule has 1 aliphatic rings. The predicted molar refractivity (Wildman–Crippen MR) is 71.7 cm³/mol. The molecule has 0 radical (unpaired) electrons. The highest BCUT2D eigenvalue weighted by molar-refractivity contribution is 5.93. The van der Waals surface area contributed by atoms with Gasteiger partial charge in [-0.15, -0.1) is 0 Å². The molecular formula is C13H16FN3O3. The lowest BCUT2D eigenvalue weighted by Gasteiger charge is -2.22. The van der Waals surface area contributed by atoms with Crippen molar-refractivity contribution >= 4 is 17.3 Å². The zero-order valence-corrected chi connectivity index (χ0v) is 10.9. The highest BCUT2D eigenvalue weighted by Gasteiger charge is 2.32. The number of anilines is 1. The summed E-state index contributed by atoms with van der Waals surface area (Å²) in [7, 11) is 0. The van der Waals surface area contributed by atoms with Crippen molar-refractivity contribution in [3.05, 3.63) is 34.1 Å². The van der Waals surface area contributed by atoms with Gasteiger partial charge in [0.25, 0.3) is 5.69 Å². The minimum atomic E-state index is -0.730. The third-order valence-electron chi connectivity index (χ3n) is 3.54. The molecule has 0 atom stereocenters. The number of carbonyl (C=O) groups is 1. The van der Waals surface area contributed by atoms with Gasteiger partial charge < -0.3 is 11.1 Å². The van der Waals surface area contributed by atoms with Crippen molar-refractivity contribution in [1.82, 2.24) is 0 Å². The Morgan fingerprint density at radius 2 is 2.10 bits per heavy atom. The van der Waals surface area contributed by atoms with E-state index in [0.717, 1.165) is 37.8 Å². The molecule has 1 saturated carbocycles. The molecule has 0 aliphatic heterocycles. The molecule has 1 amide bonds. The summed E-state index contributed by atoms with van der Waals surface area (Å²) >= 11 is 0. The van der Waals surface area contributed by atoms with Crippen LogP contribution >= 0.6 is 0 Å². The van der Waals surface area contributed by atoms with Gasteiger partial charge in [-0.05, 0) is 25.0 Å². The Morgan fingerprint density at radius 3 is 2.70 bits per heavy atom. The van der Waals surface area contributed by atoms with Crippen LogP contribution in [0.25, 0.3) is 0 Å². The van der Waals surface area contributed by atoms with E-state index in [1.54, 1.807) is 0 Å². The molecule has 0 bridgehead atoms. The van der Waals surface area contributed by atoms with Crippen molar-refractivity contribution in [2.24, 2.45) is 5.73 Å². The first kappa shape index (κ1) is 14.4. The summed E-state index contributed by atoms with van der Waals surface area (Å²) in [6.07, 6.45) is 3.63. The summed E-state index contributed by atoms with van der Waals surface area (Å²) < 4.78 is 13.0. The van der Waals surface area contributed by atoms with Gasteiger partial charge in [0.15, 0.2) is 0 Å². The summed E-state index contributed by atoms with van der Waals surface area (Å²) in [6, 6.07) is 3.03. The van der Waals surface area contributed by atoms with Gasteiger partial charge in [-0.1, -0.05) is 12.8 Å². The molecule has 7 heteroatoms. The number of nitro benzene ring substituents is 1. The number of benzene rings is 1. The predicted octanol–water partition coefficient (Wildman–Crippen LogP) is 2.33. The molecule has 0 heterocycles. The average molecular weight is 281 g/mol. The molecule has 2 rings (SSSR count). The van der Waals surface area contributed by atoms with Gasteiger partial charge in [0.1, 0.15) is 11.5 Å². The standard InChI is InChI=1S/C13H16FN3O3/c14-9-3-4-10(11(7-9)17(19)20)16-12(18)8-13(15)5-1-2-6-13/h3-4,7H,1-2,5-6,8,15H2,(H,16,18). The SMILES string of the molecule is NC1(CC(=O)Nc2ccc(F)cc2[N+](=O)[O-])CCCC1. The van der Waals surface area contributed by atoms with E-state index >= 15 is 0 Å². The second-order valence-corrected chi connectivity index (χ2v) is 5.21. The second-order valence-electron chi connectivity index (χ2n) is 5.21. The van der Waals surface area contributed by atoms with Crippen LogP contribution in [0.2, 0.25) is 0 Å². The molecule has 0 unspecified atom stereocenters. The van der Waals surface area contributed by atoms with Gasteiger partial charge in [-0.2, -0.15) is 0 Å². The first-order chi connectivity index (χ1) is 9.39. The fourth-order valence-corrected chi connectivity index (χ4v) is 2.53. The molecule has 0 saturated heterocycles. The monoisotopic (exact) mass is 281 g/mol. The molecule has 1 fully saturated rings. The summed E-state index contributed by atoms with van der Waals surface area (Å²) in [5, 5.41) is 13.3. The number of amides is 1. The van der Waals surface area contributed by atoms with E-state index in [9.17, 15) is 19.3 Å². The lowest BCUT2D eigenvalue weighted by molar-refractivity contribution is -0.384. The van der Waals surface area contributed by atoms with Crippen LogP contribution in [0.15, 0.2) is 18.2 Å². The summed E-state index contributed by atoms with van der Waals surface area (Å²) in [4.78, 5) is 22.0. The van der Waals surface area contributed by atoms with Crippen molar-refractivity contribution in [2.45, 2.75) is 37.6 Å². The zero-order chi connectivity index (χ0) is 14.8.